The minimum atomic E-state index is -0.101. The highest BCUT2D eigenvalue weighted by atomic mass is 32.1. The molecule has 2 aromatic rings. The maximum absolute atomic E-state index is 11.7. The molecule has 21 heavy (non-hydrogen) atoms. The molecule has 2 aromatic heterocycles. The lowest BCUT2D eigenvalue weighted by Gasteiger charge is -2.05. The Kier molecular flexibility index (Phi) is 5.45. The number of nitrogens with zero attached hydrogens (tertiary/aromatic N) is 1. The van der Waals surface area contributed by atoms with Crippen molar-refractivity contribution in [1.82, 2.24) is 10.3 Å². The van der Waals surface area contributed by atoms with E-state index in [1.165, 1.54) is 11.3 Å². The van der Waals surface area contributed by atoms with Gasteiger partial charge in [-0.1, -0.05) is 6.07 Å². The predicted molar refractivity (Wildman–Crippen MR) is 83.5 cm³/mol. The molecule has 6 heteroatoms. The molecule has 0 aliphatic carbocycles. The van der Waals surface area contributed by atoms with Gasteiger partial charge >= 0.3 is 0 Å². The highest BCUT2D eigenvalue weighted by molar-refractivity contribution is 7.08. The lowest BCUT2D eigenvalue weighted by molar-refractivity contribution is -0.116. The fourth-order valence-corrected chi connectivity index (χ4v) is 2.33. The molecule has 0 spiro atoms. The fraction of sp³-hybridized carbons (Fsp3) is 0.267. The third-order valence-electron chi connectivity index (χ3n) is 2.83. The molecule has 0 aromatic carbocycles. The lowest BCUT2D eigenvalue weighted by Crippen LogP contribution is -2.25. The van der Waals surface area contributed by atoms with E-state index in [1.54, 1.807) is 23.7 Å². The third kappa shape index (κ3) is 5.00. The maximum Gasteiger partial charge on any atom is 0.252 e. The Morgan fingerprint density at radius 2 is 2.14 bits per heavy atom. The van der Waals surface area contributed by atoms with Crippen molar-refractivity contribution in [2.75, 3.05) is 11.9 Å². The summed E-state index contributed by atoms with van der Waals surface area (Å²) in [4.78, 5) is 27.5. The van der Waals surface area contributed by atoms with Crippen LogP contribution in [-0.4, -0.2) is 23.3 Å². The summed E-state index contributed by atoms with van der Waals surface area (Å²) in [6, 6.07) is 5.44. The number of amides is 2. The monoisotopic (exact) mass is 303 g/mol. The Balaban J connectivity index is 1.65. The van der Waals surface area contributed by atoms with Crippen molar-refractivity contribution >= 4 is 29.0 Å². The summed E-state index contributed by atoms with van der Waals surface area (Å²) in [7, 11) is 0. The minimum Gasteiger partial charge on any atom is -0.352 e. The van der Waals surface area contributed by atoms with E-state index in [9.17, 15) is 9.59 Å². The van der Waals surface area contributed by atoms with Gasteiger partial charge in [0.15, 0.2) is 0 Å². The van der Waals surface area contributed by atoms with Crippen molar-refractivity contribution in [3.05, 3.63) is 46.3 Å². The zero-order chi connectivity index (χ0) is 15.1. The van der Waals surface area contributed by atoms with Crippen LogP contribution in [0.5, 0.6) is 0 Å². The van der Waals surface area contributed by atoms with Gasteiger partial charge in [0.2, 0.25) is 5.91 Å². The number of anilines is 1. The highest BCUT2D eigenvalue weighted by Crippen LogP contribution is 2.06. The van der Waals surface area contributed by atoms with Crippen molar-refractivity contribution < 1.29 is 9.59 Å². The summed E-state index contributed by atoms with van der Waals surface area (Å²) in [5, 5.41) is 9.16. The number of hydrogen-bond acceptors (Lipinski definition) is 4. The second-order valence-corrected chi connectivity index (χ2v) is 5.42. The van der Waals surface area contributed by atoms with E-state index in [-0.39, 0.29) is 11.8 Å². The smallest absolute Gasteiger partial charge is 0.252 e. The van der Waals surface area contributed by atoms with Crippen molar-refractivity contribution in [3.8, 4) is 0 Å². The van der Waals surface area contributed by atoms with E-state index >= 15 is 0 Å². The van der Waals surface area contributed by atoms with Gasteiger partial charge in [-0.15, -0.1) is 0 Å². The molecule has 2 heterocycles. The van der Waals surface area contributed by atoms with E-state index in [0.29, 0.717) is 30.8 Å². The molecular formula is C15H17N3O2S. The summed E-state index contributed by atoms with van der Waals surface area (Å²) in [6.07, 6.45) is 2.64. The van der Waals surface area contributed by atoms with Crippen molar-refractivity contribution in [2.45, 2.75) is 19.8 Å². The first-order valence-corrected chi connectivity index (χ1v) is 7.62. The van der Waals surface area contributed by atoms with Crippen LogP contribution >= 0.6 is 11.3 Å². The molecule has 5 nitrogen and oxygen atoms in total. The van der Waals surface area contributed by atoms with Crippen LogP contribution in [0.1, 0.15) is 28.8 Å². The molecule has 0 radical (unpaired) electrons. The number of nitrogens with one attached hydrogen (secondary N) is 2. The molecule has 0 saturated carbocycles. The number of pyridine rings is 1. The molecule has 2 rings (SSSR count). The Labute approximate surface area is 127 Å². The second-order valence-electron chi connectivity index (χ2n) is 4.64. The number of carbonyl (C=O) groups is 2. The summed E-state index contributed by atoms with van der Waals surface area (Å²) >= 11 is 1.48. The Morgan fingerprint density at radius 3 is 2.81 bits per heavy atom. The SMILES string of the molecule is Cc1ccc(NC(=O)CCCNC(=O)c2ccsc2)nc1. The van der Waals surface area contributed by atoms with E-state index < -0.39 is 0 Å². The Hall–Kier alpha value is -2.21. The number of hydrogen-bond donors (Lipinski definition) is 2. The number of thiophene rings is 1. The van der Waals surface area contributed by atoms with Gasteiger partial charge in [0.25, 0.3) is 5.91 Å². The van der Waals surface area contributed by atoms with E-state index in [1.807, 2.05) is 18.4 Å². The highest BCUT2D eigenvalue weighted by Gasteiger charge is 2.06. The van der Waals surface area contributed by atoms with Gasteiger partial charge in [0.05, 0.1) is 0 Å². The zero-order valence-corrected chi connectivity index (χ0v) is 12.6. The van der Waals surface area contributed by atoms with Gasteiger partial charge in [0, 0.05) is 30.1 Å². The van der Waals surface area contributed by atoms with Crippen LogP contribution in [0.2, 0.25) is 0 Å². The molecule has 0 bridgehead atoms. The number of rotatable bonds is 6. The predicted octanol–water partition coefficient (Wildman–Crippen LogP) is 2.60. The molecule has 0 aliphatic rings. The number of carbonyl (C=O) groups excluding carboxylic acids is 2. The summed E-state index contributed by atoms with van der Waals surface area (Å²) < 4.78 is 0. The molecule has 0 saturated heterocycles. The molecule has 2 amide bonds. The average molecular weight is 303 g/mol. The molecule has 0 fully saturated rings. The van der Waals surface area contributed by atoms with Crippen LogP contribution in [0.25, 0.3) is 0 Å². The number of aryl methyl sites for hydroxylation is 1. The van der Waals surface area contributed by atoms with Gasteiger partial charge < -0.3 is 10.6 Å². The standard InChI is InChI=1S/C15H17N3O2S/c1-11-4-5-13(17-9-11)18-14(19)3-2-7-16-15(20)12-6-8-21-10-12/h4-6,8-10H,2-3,7H2,1H3,(H,16,20)(H,17,18,19). The van der Waals surface area contributed by atoms with Gasteiger partial charge in [0.1, 0.15) is 5.82 Å². The first-order chi connectivity index (χ1) is 10.1. The average Bonchev–Trinajstić information content (AvgIpc) is 3.00. The van der Waals surface area contributed by atoms with Crippen LogP contribution in [0.15, 0.2) is 35.2 Å². The molecule has 0 aliphatic heterocycles. The largest absolute Gasteiger partial charge is 0.352 e. The Bertz CT molecular complexity index is 594. The molecular weight excluding hydrogens is 286 g/mol. The van der Waals surface area contributed by atoms with Gasteiger partial charge in [-0.2, -0.15) is 11.3 Å². The minimum absolute atomic E-state index is 0.100. The number of aromatic nitrogens is 1. The third-order valence-corrected chi connectivity index (χ3v) is 3.51. The summed E-state index contributed by atoms with van der Waals surface area (Å²) in [6.45, 7) is 2.41. The summed E-state index contributed by atoms with van der Waals surface area (Å²) in [5.41, 5.74) is 1.71. The van der Waals surface area contributed by atoms with Crippen molar-refractivity contribution in [2.24, 2.45) is 0 Å². The van der Waals surface area contributed by atoms with Crippen LogP contribution in [-0.2, 0) is 4.79 Å². The van der Waals surface area contributed by atoms with Crippen molar-refractivity contribution in [1.29, 1.82) is 0 Å². The topological polar surface area (TPSA) is 71.1 Å². The molecule has 2 N–H and O–H groups in total. The normalized spacial score (nSPS) is 10.1. The molecule has 0 atom stereocenters. The maximum atomic E-state index is 11.7. The van der Waals surface area contributed by atoms with E-state index in [2.05, 4.69) is 15.6 Å². The van der Waals surface area contributed by atoms with E-state index in [0.717, 1.165) is 5.56 Å². The van der Waals surface area contributed by atoms with E-state index in [4.69, 9.17) is 0 Å². The second kappa shape index (κ2) is 7.54. The Morgan fingerprint density at radius 1 is 1.29 bits per heavy atom. The lowest BCUT2D eigenvalue weighted by atomic mass is 10.2. The quantitative estimate of drug-likeness (QED) is 0.806. The van der Waals surface area contributed by atoms with Gasteiger partial charge in [-0.05, 0) is 36.4 Å². The van der Waals surface area contributed by atoms with Crippen LogP contribution in [0, 0.1) is 6.92 Å². The zero-order valence-electron chi connectivity index (χ0n) is 11.8. The first kappa shape index (κ1) is 15.2. The first-order valence-electron chi connectivity index (χ1n) is 6.68. The molecule has 110 valence electrons. The van der Waals surface area contributed by atoms with Crippen LogP contribution < -0.4 is 10.6 Å². The summed E-state index contributed by atoms with van der Waals surface area (Å²) in [5.74, 6) is 0.348. The van der Waals surface area contributed by atoms with Gasteiger partial charge in [-0.25, -0.2) is 4.98 Å². The van der Waals surface area contributed by atoms with Gasteiger partial charge in [-0.3, -0.25) is 9.59 Å². The van der Waals surface area contributed by atoms with Crippen LogP contribution in [0.4, 0.5) is 5.82 Å². The fourth-order valence-electron chi connectivity index (χ4n) is 1.69. The molecule has 0 unspecified atom stereocenters. The van der Waals surface area contributed by atoms with Crippen molar-refractivity contribution in [3.63, 3.8) is 0 Å². The van der Waals surface area contributed by atoms with Crippen LogP contribution in [0.3, 0.4) is 0 Å².